The molecule has 0 atom stereocenters. The molecule has 0 aliphatic carbocycles. The van der Waals surface area contributed by atoms with E-state index < -0.39 is 22.9 Å². The maximum Gasteiger partial charge on any atom is 0.419 e. The summed E-state index contributed by atoms with van der Waals surface area (Å²) >= 11 is 6.09. The highest BCUT2D eigenvalue weighted by Crippen LogP contribution is 2.32. The van der Waals surface area contributed by atoms with Gasteiger partial charge in [0.05, 0.1) is 11.6 Å². The van der Waals surface area contributed by atoms with Crippen LogP contribution in [0.2, 0.25) is 5.02 Å². The van der Waals surface area contributed by atoms with E-state index in [1.807, 2.05) is 4.98 Å². The van der Waals surface area contributed by atoms with E-state index in [9.17, 15) is 19.5 Å². The van der Waals surface area contributed by atoms with Crippen LogP contribution in [0.1, 0.15) is 26.5 Å². The van der Waals surface area contributed by atoms with Gasteiger partial charge in [-0.3, -0.25) is 14.7 Å². The van der Waals surface area contributed by atoms with Gasteiger partial charge in [-0.1, -0.05) is 11.6 Å². The second-order valence-electron chi connectivity index (χ2n) is 6.58. The van der Waals surface area contributed by atoms with E-state index in [-0.39, 0.29) is 28.1 Å². The molecule has 0 bridgehead atoms. The number of furan rings is 1. The highest BCUT2D eigenvalue weighted by molar-refractivity contribution is 6.36. The summed E-state index contributed by atoms with van der Waals surface area (Å²) < 4.78 is 10.6. The molecule has 1 amide bonds. The average Bonchev–Trinajstić information content (AvgIpc) is 2.85. The monoisotopic (exact) mass is 366 g/mol. The van der Waals surface area contributed by atoms with Crippen LogP contribution in [-0.2, 0) is 6.54 Å². The van der Waals surface area contributed by atoms with E-state index in [1.54, 1.807) is 26.8 Å². The number of aromatic amines is 1. The Morgan fingerprint density at radius 2 is 1.92 bits per heavy atom. The molecule has 0 aliphatic rings. The molecule has 9 heteroatoms. The van der Waals surface area contributed by atoms with Crippen LogP contribution in [0.3, 0.4) is 0 Å². The Balaban J connectivity index is 2.21. The summed E-state index contributed by atoms with van der Waals surface area (Å²) in [5, 5.41) is 9.99. The molecule has 0 radical (unpaired) electrons. The van der Waals surface area contributed by atoms with Crippen molar-refractivity contribution in [3.05, 3.63) is 43.8 Å². The molecule has 8 nitrogen and oxygen atoms in total. The fourth-order valence-corrected chi connectivity index (χ4v) is 2.84. The minimum Gasteiger partial charge on any atom is -0.465 e. The van der Waals surface area contributed by atoms with Gasteiger partial charge in [0, 0.05) is 10.9 Å². The first-order valence-electron chi connectivity index (χ1n) is 7.36. The van der Waals surface area contributed by atoms with Gasteiger partial charge in [-0.15, -0.1) is 0 Å². The zero-order valence-electron chi connectivity index (χ0n) is 13.7. The number of hydrogen-bond donors (Lipinski definition) is 2. The summed E-state index contributed by atoms with van der Waals surface area (Å²) in [4.78, 5) is 38.2. The van der Waals surface area contributed by atoms with Gasteiger partial charge in [0.25, 0.3) is 5.56 Å². The Hall–Kier alpha value is -2.74. The van der Waals surface area contributed by atoms with Gasteiger partial charge in [-0.05, 0) is 32.9 Å². The fraction of sp³-hybridized carbons (Fsp3) is 0.312. The first-order chi connectivity index (χ1) is 11.6. The van der Waals surface area contributed by atoms with E-state index in [0.29, 0.717) is 11.1 Å². The third-order valence-electron chi connectivity index (χ3n) is 3.76. The fourth-order valence-electron chi connectivity index (χ4n) is 2.59. The van der Waals surface area contributed by atoms with Gasteiger partial charge >= 0.3 is 11.8 Å². The predicted octanol–water partition coefficient (Wildman–Crippen LogP) is 3.16. The Kier molecular flexibility index (Phi) is 3.87. The Bertz CT molecular complexity index is 1100. The van der Waals surface area contributed by atoms with Crippen LogP contribution in [0, 0.1) is 0 Å². The van der Waals surface area contributed by atoms with Crippen molar-refractivity contribution >= 4 is 39.6 Å². The molecule has 0 saturated carbocycles. The number of nitrogens with zero attached hydrogens (tertiary/aromatic N) is 1. The lowest BCUT2D eigenvalue weighted by Gasteiger charge is -2.32. The number of amides is 1. The number of rotatable bonds is 2. The Morgan fingerprint density at radius 1 is 1.24 bits per heavy atom. The molecule has 3 aromatic rings. The number of H-pyrrole nitrogens is 1. The molecule has 0 aliphatic heterocycles. The first kappa shape index (κ1) is 17.1. The quantitative estimate of drug-likeness (QED) is 0.719. The molecule has 3 rings (SSSR count). The number of fused-ring (bicyclic) bond motifs is 3. The second-order valence-corrected chi connectivity index (χ2v) is 6.98. The number of carbonyl (C=O) groups is 1. The third kappa shape index (κ3) is 3.00. The number of carboxylic acid groups (broad SMARTS) is 1. The largest absolute Gasteiger partial charge is 0.465 e. The van der Waals surface area contributed by atoms with Crippen LogP contribution >= 0.6 is 11.6 Å². The predicted molar refractivity (Wildman–Crippen MR) is 91.2 cm³/mol. The highest BCUT2D eigenvalue weighted by Gasteiger charge is 2.27. The zero-order chi connectivity index (χ0) is 18.5. The highest BCUT2D eigenvalue weighted by atomic mass is 35.5. The SMILES string of the molecule is CC(C)(C)N(Cc1cc2cc(Cl)c3oc(=O)[nH]c(=O)c3c2o1)C(=O)O. The number of nitrogens with one attached hydrogen (secondary N) is 1. The maximum atomic E-state index is 12.1. The molecule has 1 aromatic carbocycles. The molecule has 2 aromatic heterocycles. The summed E-state index contributed by atoms with van der Waals surface area (Å²) in [5.41, 5.74) is -1.23. The number of benzene rings is 1. The van der Waals surface area contributed by atoms with Crippen LogP contribution in [0.4, 0.5) is 4.79 Å². The van der Waals surface area contributed by atoms with Crippen molar-refractivity contribution in [2.75, 3.05) is 0 Å². The van der Waals surface area contributed by atoms with Crippen LogP contribution in [0.25, 0.3) is 21.9 Å². The van der Waals surface area contributed by atoms with E-state index in [4.69, 9.17) is 20.4 Å². The Labute approximate surface area is 145 Å². The third-order valence-corrected chi connectivity index (χ3v) is 4.04. The number of hydrogen-bond acceptors (Lipinski definition) is 5. The van der Waals surface area contributed by atoms with Gasteiger partial charge in [0.2, 0.25) is 0 Å². The summed E-state index contributed by atoms with van der Waals surface area (Å²) in [7, 11) is 0. The lowest BCUT2D eigenvalue weighted by atomic mass is 10.1. The summed E-state index contributed by atoms with van der Waals surface area (Å²) in [6.07, 6.45) is -1.10. The van der Waals surface area contributed by atoms with Gasteiger partial charge in [-0.2, -0.15) is 0 Å². The van der Waals surface area contributed by atoms with Gasteiger partial charge in [0.1, 0.15) is 11.1 Å². The maximum absolute atomic E-state index is 12.1. The summed E-state index contributed by atoms with van der Waals surface area (Å²) in [5.74, 6) is -0.586. The van der Waals surface area contributed by atoms with E-state index in [1.165, 1.54) is 11.0 Å². The molecular weight excluding hydrogens is 352 g/mol. The van der Waals surface area contributed by atoms with Crippen molar-refractivity contribution in [2.24, 2.45) is 0 Å². The lowest BCUT2D eigenvalue weighted by Crippen LogP contribution is -2.44. The minimum atomic E-state index is -1.10. The standard InChI is InChI=1S/C16H15ClN2O6/c1-16(2,3)19(15(22)23)6-8-4-7-5-9(17)12-10(11(7)24-8)13(20)18-14(21)25-12/h4-5H,6H2,1-3H3,(H,22,23)(H,18,20,21). The van der Waals surface area contributed by atoms with Crippen LogP contribution < -0.4 is 11.3 Å². The van der Waals surface area contributed by atoms with Crippen molar-refractivity contribution < 1.29 is 18.7 Å². The van der Waals surface area contributed by atoms with Crippen molar-refractivity contribution in [1.29, 1.82) is 0 Å². The molecule has 0 spiro atoms. The second kappa shape index (κ2) is 5.66. The van der Waals surface area contributed by atoms with E-state index in [0.717, 1.165) is 0 Å². The lowest BCUT2D eigenvalue weighted by molar-refractivity contribution is 0.0911. The average molecular weight is 367 g/mol. The number of aromatic nitrogens is 1. The van der Waals surface area contributed by atoms with Crippen LogP contribution in [0.5, 0.6) is 0 Å². The smallest absolute Gasteiger partial charge is 0.419 e. The van der Waals surface area contributed by atoms with Gasteiger partial charge in [-0.25, -0.2) is 9.59 Å². The van der Waals surface area contributed by atoms with E-state index in [2.05, 4.69) is 0 Å². The molecular formula is C16H15ClN2O6. The molecule has 2 heterocycles. The topological polar surface area (TPSA) is 117 Å². The van der Waals surface area contributed by atoms with Crippen molar-refractivity contribution in [1.82, 2.24) is 9.88 Å². The van der Waals surface area contributed by atoms with Crippen molar-refractivity contribution in [2.45, 2.75) is 32.9 Å². The van der Waals surface area contributed by atoms with Crippen molar-refractivity contribution in [3.8, 4) is 0 Å². The minimum absolute atomic E-state index is 0.00554. The summed E-state index contributed by atoms with van der Waals surface area (Å²) in [6, 6.07) is 3.10. The molecule has 0 fully saturated rings. The van der Waals surface area contributed by atoms with Crippen LogP contribution in [0.15, 0.2) is 30.6 Å². The molecule has 0 saturated heterocycles. The molecule has 2 N–H and O–H groups in total. The number of halogens is 1. The van der Waals surface area contributed by atoms with Gasteiger partial charge < -0.3 is 13.9 Å². The van der Waals surface area contributed by atoms with E-state index >= 15 is 0 Å². The molecule has 25 heavy (non-hydrogen) atoms. The molecule has 132 valence electrons. The molecule has 0 unspecified atom stereocenters. The zero-order valence-corrected chi connectivity index (χ0v) is 14.4. The van der Waals surface area contributed by atoms with Gasteiger partial charge in [0.15, 0.2) is 11.2 Å². The van der Waals surface area contributed by atoms with Crippen LogP contribution in [-0.4, -0.2) is 26.6 Å². The van der Waals surface area contributed by atoms with Crippen molar-refractivity contribution in [3.63, 3.8) is 0 Å². The first-order valence-corrected chi connectivity index (χ1v) is 7.74. The normalized spacial score (nSPS) is 12.0. The Morgan fingerprint density at radius 3 is 2.52 bits per heavy atom. The summed E-state index contributed by atoms with van der Waals surface area (Å²) in [6.45, 7) is 5.27.